The maximum Gasteiger partial charge on any atom is 0.353 e. The van der Waals surface area contributed by atoms with Crippen LogP contribution in [-0.4, -0.2) is 19.9 Å². The number of fused-ring (bicyclic) bond motifs is 1. The second-order valence-electron chi connectivity index (χ2n) is 5.93. The van der Waals surface area contributed by atoms with E-state index in [1.807, 2.05) is 12.1 Å². The Kier molecular flexibility index (Phi) is 4.65. The number of nitro groups is 1. The van der Waals surface area contributed by atoms with Crippen molar-refractivity contribution < 1.29 is 13.7 Å². The average molecular weight is 394 g/mol. The van der Waals surface area contributed by atoms with Gasteiger partial charge in [-0.1, -0.05) is 6.07 Å². The molecule has 29 heavy (non-hydrogen) atoms. The third-order valence-electron chi connectivity index (χ3n) is 4.09. The molecular weight excluding hydrogens is 382 g/mol. The number of nitrogens with one attached hydrogen (secondary N) is 2. The smallest absolute Gasteiger partial charge is 0.334 e. The Hall–Kier alpha value is -4.21. The molecule has 0 unspecified atom stereocenters. The number of anilines is 4. The van der Waals surface area contributed by atoms with E-state index in [-0.39, 0.29) is 17.3 Å². The van der Waals surface area contributed by atoms with Gasteiger partial charge in [-0.3, -0.25) is 15.1 Å². The molecule has 4 rings (SSSR count). The van der Waals surface area contributed by atoms with Crippen LogP contribution in [0.3, 0.4) is 0 Å². The van der Waals surface area contributed by atoms with Crippen molar-refractivity contribution in [1.82, 2.24) is 15.0 Å². The van der Waals surface area contributed by atoms with Crippen LogP contribution in [-0.2, 0) is 0 Å². The fraction of sp³-hybridized carbons (Fsp3) is 0. The standard InChI is InChI=1S/C19H12F2N6O2/c20-13-7-6-11(9-14(13)21)25-18-17(27(28)29)19(24-10-23-18)26-16-5-1-4-15-12(16)3-2-8-22-15/h1-10H,(H2,23,24,25,26). The molecule has 0 saturated carbocycles. The fourth-order valence-electron chi connectivity index (χ4n) is 2.79. The highest BCUT2D eigenvalue weighted by Gasteiger charge is 2.24. The highest BCUT2D eigenvalue weighted by atomic mass is 19.2. The first-order valence-corrected chi connectivity index (χ1v) is 8.35. The summed E-state index contributed by atoms with van der Waals surface area (Å²) >= 11 is 0. The number of pyridine rings is 1. The first-order valence-electron chi connectivity index (χ1n) is 8.35. The van der Waals surface area contributed by atoms with Crippen molar-refractivity contribution >= 4 is 39.6 Å². The molecule has 0 saturated heterocycles. The highest BCUT2D eigenvalue weighted by molar-refractivity contribution is 5.93. The van der Waals surface area contributed by atoms with Crippen LogP contribution in [0.15, 0.2) is 61.1 Å². The van der Waals surface area contributed by atoms with E-state index < -0.39 is 22.2 Å². The van der Waals surface area contributed by atoms with E-state index in [2.05, 4.69) is 25.6 Å². The van der Waals surface area contributed by atoms with Crippen molar-refractivity contribution in [2.75, 3.05) is 10.6 Å². The minimum Gasteiger partial charge on any atom is -0.334 e. The van der Waals surface area contributed by atoms with Crippen LogP contribution in [0, 0.1) is 21.7 Å². The summed E-state index contributed by atoms with van der Waals surface area (Å²) < 4.78 is 26.6. The third-order valence-corrected chi connectivity index (χ3v) is 4.09. The molecule has 0 bridgehead atoms. The van der Waals surface area contributed by atoms with E-state index in [4.69, 9.17) is 0 Å². The van der Waals surface area contributed by atoms with Gasteiger partial charge in [-0.15, -0.1) is 0 Å². The number of rotatable bonds is 5. The van der Waals surface area contributed by atoms with E-state index in [1.165, 1.54) is 6.07 Å². The summed E-state index contributed by atoms with van der Waals surface area (Å²) in [5, 5.41) is 18.0. The molecular formula is C19H12F2N6O2. The topological polar surface area (TPSA) is 106 Å². The maximum absolute atomic E-state index is 13.5. The molecule has 0 atom stereocenters. The lowest BCUT2D eigenvalue weighted by atomic mass is 10.2. The van der Waals surface area contributed by atoms with E-state index in [0.29, 0.717) is 11.2 Å². The number of hydrogen-bond donors (Lipinski definition) is 2. The van der Waals surface area contributed by atoms with Crippen molar-refractivity contribution in [2.24, 2.45) is 0 Å². The molecule has 0 fully saturated rings. The van der Waals surface area contributed by atoms with E-state index in [1.54, 1.807) is 24.4 Å². The molecule has 0 aliphatic rings. The van der Waals surface area contributed by atoms with Gasteiger partial charge in [-0.05, 0) is 36.4 Å². The Bertz CT molecular complexity index is 1230. The lowest BCUT2D eigenvalue weighted by molar-refractivity contribution is -0.383. The van der Waals surface area contributed by atoms with E-state index in [9.17, 15) is 18.9 Å². The fourth-order valence-corrected chi connectivity index (χ4v) is 2.79. The second-order valence-corrected chi connectivity index (χ2v) is 5.93. The van der Waals surface area contributed by atoms with Gasteiger partial charge >= 0.3 is 5.69 Å². The molecule has 4 aromatic rings. The summed E-state index contributed by atoms with van der Waals surface area (Å²) in [6.45, 7) is 0. The molecule has 2 aromatic carbocycles. The summed E-state index contributed by atoms with van der Waals surface area (Å²) in [5.74, 6) is -2.35. The van der Waals surface area contributed by atoms with Gasteiger partial charge in [-0.25, -0.2) is 18.7 Å². The molecule has 2 heterocycles. The first kappa shape index (κ1) is 18.2. The predicted molar refractivity (Wildman–Crippen MR) is 103 cm³/mol. The predicted octanol–water partition coefficient (Wildman–Crippen LogP) is 4.70. The van der Waals surface area contributed by atoms with Crippen LogP contribution in [0.2, 0.25) is 0 Å². The van der Waals surface area contributed by atoms with Crippen LogP contribution < -0.4 is 10.6 Å². The first-order chi connectivity index (χ1) is 14.0. The highest BCUT2D eigenvalue weighted by Crippen LogP contribution is 2.34. The SMILES string of the molecule is O=[N+]([O-])c1c(Nc2ccc(F)c(F)c2)ncnc1Nc1cccc2ncccc12. The lowest BCUT2D eigenvalue weighted by Gasteiger charge is -2.11. The molecule has 0 aliphatic heterocycles. The lowest BCUT2D eigenvalue weighted by Crippen LogP contribution is -2.06. The van der Waals surface area contributed by atoms with E-state index >= 15 is 0 Å². The van der Waals surface area contributed by atoms with Crippen LogP contribution in [0.25, 0.3) is 10.9 Å². The van der Waals surface area contributed by atoms with Crippen LogP contribution in [0.1, 0.15) is 0 Å². The summed E-state index contributed by atoms with van der Waals surface area (Å²) in [7, 11) is 0. The zero-order valence-electron chi connectivity index (χ0n) is 14.6. The molecule has 8 nitrogen and oxygen atoms in total. The van der Waals surface area contributed by atoms with Crippen molar-refractivity contribution in [1.29, 1.82) is 0 Å². The third kappa shape index (κ3) is 3.63. The minimum absolute atomic E-state index is 0.0635. The number of nitrogens with zero attached hydrogens (tertiary/aromatic N) is 4. The molecule has 0 radical (unpaired) electrons. The van der Waals surface area contributed by atoms with Gasteiger partial charge in [0.05, 0.1) is 10.4 Å². The van der Waals surface area contributed by atoms with Crippen molar-refractivity contribution in [2.45, 2.75) is 0 Å². The molecule has 144 valence electrons. The number of halogens is 2. The Labute approximate surface area is 162 Å². The Morgan fingerprint density at radius 3 is 2.45 bits per heavy atom. The number of aromatic nitrogens is 3. The van der Waals surface area contributed by atoms with Gasteiger partial charge in [0.2, 0.25) is 11.6 Å². The average Bonchev–Trinajstić information content (AvgIpc) is 2.71. The molecule has 0 spiro atoms. The molecule has 2 N–H and O–H groups in total. The zero-order chi connectivity index (χ0) is 20.4. The van der Waals surface area contributed by atoms with E-state index in [0.717, 1.165) is 23.8 Å². The minimum atomic E-state index is -1.09. The largest absolute Gasteiger partial charge is 0.353 e. The normalized spacial score (nSPS) is 10.7. The number of benzene rings is 2. The zero-order valence-corrected chi connectivity index (χ0v) is 14.6. The van der Waals surface area contributed by atoms with Crippen LogP contribution in [0.4, 0.5) is 37.5 Å². The van der Waals surface area contributed by atoms with Crippen LogP contribution >= 0.6 is 0 Å². The van der Waals surface area contributed by atoms with Gasteiger partial charge in [0.25, 0.3) is 0 Å². The van der Waals surface area contributed by atoms with Gasteiger partial charge in [0, 0.05) is 29.0 Å². The summed E-state index contributed by atoms with van der Waals surface area (Å²) in [6, 6.07) is 11.9. The van der Waals surface area contributed by atoms with Crippen molar-refractivity contribution in [3.8, 4) is 0 Å². The monoisotopic (exact) mass is 394 g/mol. The van der Waals surface area contributed by atoms with Gasteiger partial charge in [0.15, 0.2) is 11.6 Å². The molecule has 0 amide bonds. The summed E-state index contributed by atoms with van der Waals surface area (Å²) in [4.78, 5) is 23.1. The van der Waals surface area contributed by atoms with Gasteiger partial charge in [0.1, 0.15) is 6.33 Å². The van der Waals surface area contributed by atoms with Crippen molar-refractivity contribution in [3.63, 3.8) is 0 Å². The van der Waals surface area contributed by atoms with Gasteiger partial charge in [-0.2, -0.15) is 0 Å². The summed E-state index contributed by atoms with van der Waals surface area (Å²) in [6.07, 6.45) is 2.77. The van der Waals surface area contributed by atoms with Gasteiger partial charge < -0.3 is 10.6 Å². The second kappa shape index (κ2) is 7.43. The molecule has 2 aromatic heterocycles. The Morgan fingerprint density at radius 2 is 1.69 bits per heavy atom. The Morgan fingerprint density at radius 1 is 0.897 bits per heavy atom. The molecule has 0 aliphatic carbocycles. The quantitative estimate of drug-likeness (QED) is 0.373. The summed E-state index contributed by atoms with van der Waals surface area (Å²) in [5.41, 5.74) is 0.926. The molecule has 10 heteroatoms. The Balaban J connectivity index is 1.75. The van der Waals surface area contributed by atoms with Crippen LogP contribution in [0.5, 0.6) is 0 Å². The number of hydrogen-bond acceptors (Lipinski definition) is 7. The maximum atomic E-state index is 13.5. The van der Waals surface area contributed by atoms with Crippen molar-refractivity contribution in [3.05, 3.63) is 82.8 Å².